The maximum atomic E-state index is 11.7. The van der Waals surface area contributed by atoms with Crippen LogP contribution in [0.1, 0.15) is 12.8 Å². The molecule has 0 spiro atoms. The Bertz CT molecular complexity index is 343. The number of esters is 1. The van der Waals surface area contributed by atoms with E-state index in [9.17, 15) is 27.6 Å². The van der Waals surface area contributed by atoms with E-state index in [0.29, 0.717) is 0 Å². The number of amides is 1. The van der Waals surface area contributed by atoms with Crippen molar-refractivity contribution >= 4 is 18.0 Å². The first-order valence-electron chi connectivity index (χ1n) is 4.95. The van der Waals surface area contributed by atoms with Crippen LogP contribution in [-0.2, 0) is 19.1 Å². The second-order valence-electron chi connectivity index (χ2n) is 3.34. The highest BCUT2D eigenvalue weighted by Gasteiger charge is 2.30. The molecule has 0 aliphatic rings. The van der Waals surface area contributed by atoms with Gasteiger partial charge in [-0.25, -0.2) is 9.59 Å². The van der Waals surface area contributed by atoms with Gasteiger partial charge in [-0.2, -0.15) is 13.2 Å². The summed E-state index contributed by atoms with van der Waals surface area (Å²) in [5, 5.41) is 10.4. The summed E-state index contributed by atoms with van der Waals surface area (Å²) in [7, 11) is 1.09. The zero-order chi connectivity index (χ0) is 15.1. The number of halogens is 3. The molecule has 0 radical (unpaired) electrons. The monoisotopic (exact) mass is 287 g/mol. The van der Waals surface area contributed by atoms with Gasteiger partial charge in [0.1, 0.15) is 6.04 Å². The van der Waals surface area contributed by atoms with Crippen LogP contribution in [0.3, 0.4) is 0 Å². The minimum Gasteiger partial charge on any atom is -0.480 e. The van der Waals surface area contributed by atoms with E-state index >= 15 is 0 Å². The number of nitrogens with one attached hydrogen (secondary N) is 1. The predicted molar refractivity (Wildman–Crippen MR) is 53.2 cm³/mol. The molecule has 0 aliphatic carbocycles. The lowest BCUT2D eigenvalue weighted by Gasteiger charge is -2.14. The number of alkyl carbamates (subject to hydrolysis) is 1. The Hall–Kier alpha value is -2.00. The van der Waals surface area contributed by atoms with Crippen LogP contribution in [0, 0.1) is 0 Å². The van der Waals surface area contributed by atoms with E-state index in [1.54, 1.807) is 5.32 Å². The summed E-state index contributed by atoms with van der Waals surface area (Å²) in [4.78, 5) is 32.4. The number of carboxylic acid groups (broad SMARTS) is 1. The first-order chi connectivity index (χ1) is 8.65. The number of rotatable bonds is 6. The highest BCUT2D eigenvalue weighted by Crippen LogP contribution is 2.14. The minimum absolute atomic E-state index is 0.312. The molecule has 0 saturated heterocycles. The first kappa shape index (κ1) is 17.0. The van der Waals surface area contributed by atoms with Crippen molar-refractivity contribution in [2.45, 2.75) is 25.1 Å². The van der Waals surface area contributed by atoms with Gasteiger partial charge in [0.15, 0.2) is 6.61 Å². The predicted octanol–water partition coefficient (Wildman–Crippen LogP) is 0.681. The van der Waals surface area contributed by atoms with Gasteiger partial charge in [0.25, 0.3) is 0 Å². The third-order valence-electron chi connectivity index (χ3n) is 1.82. The van der Waals surface area contributed by atoms with Crippen molar-refractivity contribution in [3.05, 3.63) is 0 Å². The average Bonchev–Trinajstić information content (AvgIpc) is 2.30. The van der Waals surface area contributed by atoms with E-state index in [0.717, 1.165) is 7.11 Å². The number of carboxylic acids is 1. The van der Waals surface area contributed by atoms with Crippen molar-refractivity contribution in [3.8, 4) is 0 Å². The molecule has 0 aromatic rings. The summed E-state index contributed by atoms with van der Waals surface area (Å²) in [6.07, 6.45) is -6.88. The topological polar surface area (TPSA) is 102 Å². The Morgan fingerprint density at radius 3 is 2.32 bits per heavy atom. The first-order valence-corrected chi connectivity index (χ1v) is 4.95. The third kappa shape index (κ3) is 8.69. The molecule has 0 aromatic heterocycles. The smallest absolute Gasteiger partial charge is 0.422 e. The van der Waals surface area contributed by atoms with Crippen LogP contribution < -0.4 is 5.32 Å². The Labute approximate surface area is 105 Å². The van der Waals surface area contributed by atoms with Crippen LogP contribution in [0.4, 0.5) is 18.0 Å². The Kier molecular flexibility index (Phi) is 6.66. The molecule has 1 amide bonds. The Morgan fingerprint density at radius 1 is 1.32 bits per heavy atom. The summed E-state index contributed by atoms with van der Waals surface area (Å²) in [5.41, 5.74) is 0. The van der Waals surface area contributed by atoms with Gasteiger partial charge in [0.05, 0.1) is 7.11 Å². The highest BCUT2D eigenvalue weighted by atomic mass is 19.4. The van der Waals surface area contributed by atoms with E-state index in [2.05, 4.69) is 9.47 Å². The van der Waals surface area contributed by atoms with Gasteiger partial charge in [-0.3, -0.25) is 4.79 Å². The number of ether oxygens (including phenoxy) is 2. The second kappa shape index (κ2) is 7.44. The molecule has 0 aromatic carbocycles. The number of aliphatic carboxylic acids is 1. The van der Waals surface area contributed by atoms with E-state index in [1.807, 2.05) is 0 Å². The minimum atomic E-state index is -4.71. The zero-order valence-electron chi connectivity index (χ0n) is 9.82. The van der Waals surface area contributed by atoms with E-state index < -0.39 is 36.9 Å². The molecule has 0 fully saturated rings. The molecule has 0 rings (SSSR count). The number of hydrogen-bond donors (Lipinski definition) is 2. The second-order valence-corrected chi connectivity index (χ2v) is 3.34. The fourth-order valence-electron chi connectivity index (χ4n) is 0.953. The maximum Gasteiger partial charge on any atom is 0.422 e. The van der Waals surface area contributed by atoms with Crippen molar-refractivity contribution in [2.24, 2.45) is 0 Å². The number of alkyl halides is 3. The summed E-state index contributed by atoms with van der Waals surface area (Å²) in [6.45, 7) is -1.83. The largest absolute Gasteiger partial charge is 0.480 e. The molecule has 19 heavy (non-hydrogen) atoms. The molecule has 2 N–H and O–H groups in total. The van der Waals surface area contributed by atoms with Crippen LogP contribution >= 0.6 is 0 Å². The number of hydrogen-bond acceptors (Lipinski definition) is 5. The third-order valence-corrected chi connectivity index (χ3v) is 1.82. The van der Waals surface area contributed by atoms with E-state index in [4.69, 9.17) is 5.11 Å². The summed E-state index contributed by atoms with van der Waals surface area (Å²) < 4.78 is 43.2. The SMILES string of the molecule is COC(=O)CCC(NC(=O)OCC(F)(F)F)C(=O)O. The molecule has 7 nitrogen and oxygen atoms in total. The number of carbonyl (C=O) groups is 3. The number of carbonyl (C=O) groups excluding carboxylic acids is 2. The van der Waals surface area contributed by atoms with Crippen molar-refractivity contribution in [2.75, 3.05) is 13.7 Å². The standard InChI is InChI=1S/C9H12F3NO6/c1-18-6(14)3-2-5(7(15)16)13-8(17)19-4-9(10,11)12/h5H,2-4H2,1H3,(H,13,17)(H,15,16). The fraction of sp³-hybridized carbons (Fsp3) is 0.667. The van der Waals surface area contributed by atoms with E-state index in [1.165, 1.54) is 0 Å². The summed E-state index contributed by atoms with van der Waals surface area (Å²) in [6, 6.07) is -1.54. The lowest BCUT2D eigenvalue weighted by atomic mass is 10.1. The van der Waals surface area contributed by atoms with Crippen molar-refractivity contribution < 1.29 is 42.1 Å². The van der Waals surface area contributed by atoms with Crippen LogP contribution in [0.15, 0.2) is 0 Å². The fourth-order valence-corrected chi connectivity index (χ4v) is 0.953. The van der Waals surface area contributed by atoms with Gasteiger partial charge in [-0.1, -0.05) is 0 Å². The van der Waals surface area contributed by atoms with Crippen LogP contribution in [0.2, 0.25) is 0 Å². The lowest BCUT2D eigenvalue weighted by molar-refractivity contribution is -0.160. The van der Waals surface area contributed by atoms with Gasteiger partial charge in [-0.15, -0.1) is 0 Å². The Balaban J connectivity index is 4.23. The summed E-state index contributed by atoms with van der Waals surface area (Å²) >= 11 is 0. The van der Waals surface area contributed by atoms with Gasteiger partial charge in [0, 0.05) is 6.42 Å². The van der Waals surface area contributed by atoms with Crippen molar-refractivity contribution in [1.82, 2.24) is 5.32 Å². The Morgan fingerprint density at radius 2 is 1.89 bits per heavy atom. The molecule has 0 aliphatic heterocycles. The average molecular weight is 287 g/mol. The van der Waals surface area contributed by atoms with Crippen molar-refractivity contribution in [1.29, 1.82) is 0 Å². The highest BCUT2D eigenvalue weighted by molar-refractivity contribution is 5.80. The van der Waals surface area contributed by atoms with Crippen LogP contribution in [0.25, 0.3) is 0 Å². The summed E-state index contributed by atoms with van der Waals surface area (Å²) in [5.74, 6) is -2.22. The van der Waals surface area contributed by atoms with E-state index in [-0.39, 0.29) is 12.8 Å². The maximum absolute atomic E-state index is 11.7. The molecule has 0 bridgehead atoms. The molecule has 1 unspecified atom stereocenters. The molecule has 1 atom stereocenters. The van der Waals surface area contributed by atoms with Gasteiger partial charge < -0.3 is 19.9 Å². The van der Waals surface area contributed by atoms with Gasteiger partial charge in [-0.05, 0) is 6.42 Å². The van der Waals surface area contributed by atoms with Gasteiger partial charge >= 0.3 is 24.2 Å². The molecule has 110 valence electrons. The van der Waals surface area contributed by atoms with Crippen LogP contribution in [0.5, 0.6) is 0 Å². The zero-order valence-corrected chi connectivity index (χ0v) is 9.82. The number of methoxy groups -OCH3 is 1. The van der Waals surface area contributed by atoms with Gasteiger partial charge in [0.2, 0.25) is 0 Å². The molecular weight excluding hydrogens is 275 g/mol. The normalized spacial score (nSPS) is 12.4. The molecular formula is C9H12F3NO6. The van der Waals surface area contributed by atoms with Crippen LogP contribution in [-0.4, -0.2) is 49.1 Å². The quantitative estimate of drug-likeness (QED) is 0.696. The molecule has 10 heteroatoms. The molecule has 0 heterocycles. The lowest BCUT2D eigenvalue weighted by Crippen LogP contribution is -2.42. The molecule has 0 saturated carbocycles. The van der Waals surface area contributed by atoms with Crippen molar-refractivity contribution in [3.63, 3.8) is 0 Å².